The Bertz CT molecular complexity index is 287. The maximum absolute atomic E-state index is 12.3. The van der Waals surface area contributed by atoms with Crippen molar-refractivity contribution in [3.05, 3.63) is 0 Å². The van der Waals surface area contributed by atoms with Gasteiger partial charge in [0.15, 0.2) is 0 Å². The molecule has 1 saturated heterocycles. The van der Waals surface area contributed by atoms with Crippen molar-refractivity contribution in [1.29, 1.82) is 0 Å². The molecule has 0 aromatic carbocycles. The van der Waals surface area contributed by atoms with Crippen LogP contribution in [0.1, 0.15) is 52.9 Å². The lowest BCUT2D eigenvalue weighted by molar-refractivity contribution is 0.0126. The third-order valence-corrected chi connectivity index (χ3v) is 3.48. The predicted molar refractivity (Wildman–Crippen MR) is 71.6 cm³/mol. The van der Waals surface area contributed by atoms with Crippen LogP contribution in [0.4, 0.5) is 4.79 Å². The largest absolute Gasteiger partial charge is 0.444 e. The molecule has 0 bridgehead atoms. The summed E-state index contributed by atoms with van der Waals surface area (Å²) in [4.78, 5) is 14.4. The Morgan fingerprint density at radius 2 is 1.78 bits per heavy atom. The lowest BCUT2D eigenvalue weighted by Gasteiger charge is -2.33. The third kappa shape index (κ3) is 3.87. The fraction of sp³-hybridized carbons (Fsp3) is 0.929. The molecule has 2 aliphatic rings. The van der Waals surface area contributed by atoms with Gasteiger partial charge in [-0.3, -0.25) is 0 Å². The Morgan fingerprint density at radius 3 is 2.39 bits per heavy atom. The molecule has 2 fully saturated rings. The highest BCUT2D eigenvalue weighted by Gasteiger charge is 2.39. The highest BCUT2D eigenvalue weighted by Crippen LogP contribution is 2.32. The molecule has 0 radical (unpaired) electrons. The highest BCUT2D eigenvalue weighted by molar-refractivity contribution is 5.69. The van der Waals surface area contributed by atoms with Crippen molar-refractivity contribution in [1.82, 2.24) is 10.2 Å². The second-order valence-corrected chi connectivity index (χ2v) is 6.45. The van der Waals surface area contributed by atoms with Gasteiger partial charge in [-0.05, 0) is 66.0 Å². The highest BCUT2D eigenvalue weighted by atomic mass is 16.6. The van der Waals surface area contributed by atoms with Gasteiger partial charge in [0.1, 0.15) is 5.60 Å². The van der Waals surface area contributed by atoms with Crippen molar-refractivity contribution in [2.75, 3.05) is 13.1 Å². The van der Waals surface area contributed by atoms with Gasteiger partial charge < -0.3 is 15.0 Å². The molecule has 2 rings (SSSR count). The summed E-state index contributed by atoms with van der Waals surface area (Å²) in [6, 6.07) is 0.797. The number of hydrogen-bond donors (Lipinski definition) is 1. The van der Waals surface area contributed by atoms with E-state index in [0.717, 1.165) is 45.2 Å². The number of nitrogens with zero attached hydrogens (tertiary/aromatic N) is 1. The molecule has 0 aromatic rings. The van der Waals surface area contributed by atoms with E-state index < -0.39 is 5.60 Å². The molecular weight excluding hydrogens is 228 g/mol. The summed E-state index contributed by atoms with van der Waals surface area (Å²) in [5.74, 6) is 0. The average molecular weight is 254 g/mol. The first-order valence-corrected chi connectivity index (χ1v) is 7.19. The molecule has 1 unspecified atom stereocenters. The van der Waals surface area contributed by atoms with E-state index >= 15 is 0 Å². The van der Waals surface area contributed by atoms with Crippen LogP contribution >= 0.6 is 0 Å². The zero-order chi connectivity index (χ0) is 13.2. The van der Waals surface area contributed by atoms with Crippen molar-refractivity contribution in [2.24, 2.45) is 0 Å². The monoisotopic (exact) mass is 254 g/mol. The summed E-state index contributed by atoms with van der Waals surface area (Å²) in [5.41, 5.74) is -0.396. The summed E-state index contributed by atoms with van der Waals surface area (Å²) < 4.78 is 5.56. The van der Waals surface area contributed by atoms with Crippen LogP contribution in [0.3, 0.4) is 0 Å². The number of ether oxygens (including phenoxy) is 1. The first-order valence-electron chi connectivity index (χ1n) is 7.19. The van der Waals surface area contributed by atoms with Crippen LogP contribution < -0.4 is 5.32 Å². The number of rotatable bonds is 2. The van der Waals surface area contributed by atoms with Crippen LogP contribution in [0, 0.1) is 0 Å². The van der Waals surface area contributed by atoms with Gasteiger partial charge in [0, 0.05) is 12.1 Å². The van der Waals surface area contributed by atoms with Gasteiger partial charge in [0.05, 0.1) is 0 Å². The van der Waals surface area contributed by atoms with Crippen molar-refractivity contribution in [2.45, 2.75) is 70.6 Å². The molecule has 18 heavy (non-hydrogen) atoms. The Labute approximate surface area is 110 Å². The molecule has 0 aromatic heterocycles. The molecule has 1 amide bonds. The van der Waals surface area contributed by atoms with E-state index in [9.17, 15) is 4.79 Å². The minimum atomic E-state index is -0.396. The van der Waals surface area contributed by atoms with E-state index in [2.05, 4.69) is 5.32 Å². The molecule has 1 N–H and O–H groups in total. The second kappa shape index (κ2) is 5.47. The summed E-state index contributed by atoms with van der Waals surface area (Å²) in [5, 5.41) is 3.40. The first kappa shape index (κ1) is 13.7. The zero-order valence-electron chi connectivity index (χ0n) is 11.9. The SMILES string of the molecule is CC(C)(C)OC(=O)N(C1CCCNCC1)C1CC1. The molecule has 4 nitrogen and oxygen atoms in total. The number of nitrogens with one attached hydrogen (secondary N) is 1. The normalized spacial score (nSPS) is 25.4. The van der Waals surface area contributed by atoms with E-state index in [4.69, 9.17) is 4.74 Å². The Hall–Kier alpha value is -0.770. The van der Waals surface area contributed by atoms with Crippen LogP contribution in [0.5, 0.6) is 0 Å². The first-order chi connectivity index (χ1) is 8.47. The van der Waals surface area contributed by atoms with Crippen molar-refractivity contribution < 1.29 is 9.53 Å². The number of carbonyl (C=O) groups is 1. The summed E-state index contributed by atoms with van der Waals surface area (Å²) in [6.07, 6.45) is 5.47. The van der Waals surface area contributed by atoms with E-state index in [1.54, 1.807) is 0 Å². The zero-order valence-corrected chi connectivity index (χ0v) is 11.9. The Balaban J connectivity index is 2.00. The van der Waals surface area contributed by atoms with Gasteiger partial charge in [-0.15, -0.1) is 0 Å². The minimum Gasteiger partial charge on any atom is -0.444 e. The Kier molecular flexibility index (Phi) is 4.15. The second-order valence-electron chi connectivity index (χ2n) is 6.45. The van der Waals surface area contributed by atoms with Crippen molar-refractivity contribution in [3.8, 4) is 0 Å². The van der Waals surface area contributed by atoms with Crippen molar-refractivity contribution >= 4 is 6.09 Å². The summed E-state index contributed by atoms with van der Waals surface area (Å²) >= 11 is 0. The molecule has 0 spiro atoms. The summed E-state index contributed by atoms with van der Waals surface area (Å²) in [6.45, 7) is 7.89. The van der Waals surface area contributed by atoms with Crippen LogP contribution in [0.25, 0.3) is 0 Å². The minimum absolute atomic E-state index is 0.114. The molecule has 1 aliphatic carbocycles. The molecule has 1 atom stereocenters. The van der Waals surface area contributed by atoms with Crippen LogP contribution in [-0.2, 0) is 4.74 Å². The molecular formula is C14H26N2O2. The van der Waals surface area contributed by atoms with Gasteiger partial charge in [0.2, 0.25) is 0 Å². The van der Waals surface area contributed by atoms with Crippen LogP contribution in [-0.4, -0.2) is 41.8 Å². The molecule has 1 saturated carbocycles. The standard InChI is InChI=1S/C14H26N2O2/c1-14(2,3)18-13(17)16(12-6-7-12)11-5-4-9-15-10-8-11/h11-12,15H,4-10H2,1-3H3. The van der Waals surface area contributed by atoms with Crippen molar-refractivity contribution in [3.63, 3.8) is 0 Å². The van der Waals surface area contributed by atoms with E-state index in [1.165, 1.54) is 0 Å². The predicted octanol–water partition coefficient (Wildman–Crippen LogP) is 2.53. The van der Waals surface area contributed by atoms with E-state index in [0.29, 0.717) is 12.1 Å². The van der Waals surface area contributed by atoms with Gasteiger partial charge in [-0.2, -0.15) is 0 Å². The number of carbonyl (C=O) groups excluding carboxylic acids is 1. The molecule has 4 heteroatoms. The van der Waals surface area contributed by atoms with Gasteiger partial charge >= 0.3 is 6.09 Å². The quantitative estimate of drug-likeness (QED) is 0.823. The Morgan fingerprint density at radius 1 is 1.11 bits per heavy atom. The number of hydrogen-bond acceptors (Lipinski definition) is 3. The maximum atomic E-state index is 12.3. The number of amides is 1. The van der Waals surface area contributed by atoms with Gasteiger partial charge in [0.25, 0.3) is 0 Å². The third-order valence-electron chi connectivity index (χ3n) is 3.48. The smallest absolute Gasteiger partial charge is 0.410 e. The molecule has 1 aliphatic heterocycles. The summed E-state index contributed by atoms with van der Waals surface area (Å²) in [7, 11) is 0. The molecule has 104 valence electrons. The van der Waals surface area contributed by atoms with E-state index in [-0.39, 0.29) is 6.09 Å². The maximum Gasteiger partial charge on any atom is 0.410 e. The fourth-order valence-electron chi connectivity index (χ4n) is 2.54. The molecule has 1 heterocycles. The average Bonchev–Trinajstić information content (AvgIpc) is 3.02. The lowest BCUT2D eigenvalue weighted by Crippen LogP contribution is -2.45. The van der Waals surface area contributed by atoms with Gasteiger partial charge in [-0.25, -0.2) is 4.79 Å². The van der Waals surface area contributed by atoms with Gasteiger partial charge in [-0.1, -0.05) is 0 Å². The fourth-order valence-corrected chi connectivity index (χ4v) is 2.54. The van der Waals surface area contributed by atoms with E-state index in [1.807, 2.05) is 25.7 Å². The topological polar surface area (TPSA) is 41.6 Å². The van der Waals surface area contributed by atoms with Crippen LogP contribution in [0.15, 0.2) is 0 Å². The lowest BCUT2D eigenvalue weighted by atomic mass is 10.1. The van der Waals surface area contributed by atoms with Crippen LogP contribution in [0.2, 0.25) is 0 Å².